The van der Waals surface area contributed by atoms with Crippen molar-refractivity contribution in [3.05, 3.63) is 46.8 Å². The molecule has 0 aliphatic heterocycles. The molecule has 160 valence electrons. The van der Waals surface area contributed by atoms with E-state index in [1.165, 1.54) is 30.9 Å². The van der Waals surface area contributed by atoms with Gasteiger partial charge >= 0.3 is 5.97 Å². The molecule has 0 unspecified atom stereocenters. The van der Waals surface area contributed by atoms with Crippen LogP contribution in [-0.4, -0.2) is 39.8 Å². The summed E-state index contributed by atoms with van der Waals surface area (Å²) in [5.41, 5.74) is 1.52. The van der Waals surface area contributed by atoms with Crippen molar-refractivity contribution in [2.45, 2.75) is 25.3 Å². The molecule has 10 heteroatoms. The molecule has 30 heavy (non-hydrogen) atoms. The number of benzene rings is 2. The molecule has 3 rings (SSSR count). The maximum Gasteiger partial charge on any atom is 0.326 e. The second kappa shape index (κ2) is 8.88. The first-order chi connectivity index (χ1) is 14.3. The number of esters is 1. The largest absolute Gasteiger partial charge is 0.493 e. The second-order valence-corrected chi connectivity index (χ2v) is 8.94. The highest BCUT2D eigenvalue weighted by Gasteiger charge is 2.18. The zero-order valence-electron chi connectivity index (χ0n) is 17.0. The van der Waals surface area contributed by atoms with Crippen molar-refractivity contribution in [2.24, 2.45) is 4.40 Å². The molecule has 0 bridgehead atoms. The van der Waals surface area contributed by atoms with Gasteiger partial charge in [0.2, 0.25) is 4.80 Å². The third-order valence-corrected chi connectivity index (χ3v) is 6.74. The van der Waals surface area contributed by atoms with Crippen molar-refractivity contribution in [3.63, 3.8) is 0 Å². The molecule has 0 saturated carbocycles. The van der Waals surface area contributed by atoms with E-state index in [9.17, 15) is 13.2 Å². The summed E-state index contributed by atoms with van der Waals surface area (Å²) < 4.78 is 47.6. The number of aryl methyl sites for hydroxylation is 1. The van der Waals surface area contributed by atoms with E-state index < -0.39 is 16.0 Å². The van der Waals surface area contributed by atoms with Crippen molar-refractivity contribution in [1.82, 2.24) is 4.57 Å². The maximum absolute atomic E-state index is 12.9. The van der Waals surface area contributed by atoms with E-state index in [-0.39, 0.29) is 22.8 Å². The van der Waals surface area contributed by atoms with E-state index in [4.69, 9.17) is 14.2 Å². The van der Waals surface area contributed by atoms with Crippen LogP contribution >= 0.6 is 11.3 Å². The second-order valence-electron chi connectivity index (χ2n) is 6.33. The summed E-state index contributed by atoms with van der Waals surface area (Å²) in [6, 6.07) is 9.82. The quantitative estimate of drug-likeness (QED) is 0.514. The fourth-order valence-electron chi connectivity index (χ4n) is 2.82. The van der Waals surface area contributed by atoms with Gasteiger partial charge < -0.3 is 18.8 Å². The summed E-state index contributed by atoms with van der Waals surface area (Å²) in [6.07, 6.45) is 0. The summed E-state index contributed by atoms with van der Waals surface area (Å²) in [4.78, 5) is 12.4. The summed E-state index contributed by atoms with van der Waals surface area (Å²) in [5, 5.41) is 0. The molecule has 1 aromatic heterocycles. The van der Waals surface area contributed by atoms with Gasteiger partial charge in [0.15, 0.2) is 11.5 Å². The first kappa shape index (κ1) is 21.8. The average Bonchev–Trinajstić information content (AvgIpc) is 3.02. The minimum absolute atomic E-state index is 0.0726. The maximum atomic E-state index is 12.9. The van der Waals surface area contributed by atoms with Crippen LogP contribution in [0.4, 0.5) is 0 Å². The number of thiazole rings is 1. The molecule has 0 aliphatic rings. The first-order valence-electron chi connectivity index (χ1n) is 9.07. The van der Waals surface area contributed by atoms with E-state index in [1.807, 2.05) is 6.92 Å². The van der Waals surface area contributed by atoms with Gasteiger partial charge in [-0.3, -0.25) is 4.79 Å². The Bertz CT molecular complexity index is 1240. The molecule has 0 amide bonds. The highest BCUT2D eigenvalue weighted by molar-refractivity contribution is 7.90. The highest BCUT2D eigenvalue weighted by atomic mass is 32.2. The Labute approximate surface area is 178 Å². The zero-order valence-corrected chi connectivity index (χ0v) is 18.7. The molecule has 1 heterocycles. The van der Waals surface area contributed by atoms with Crippen molar-refractivity contribution in [3.8, 4) is 11.5 Å². The fourth-order valence-corrected chi connectivity index (χ4v) is 5.06. The normalized spacial score (nSPS) is 12.2. The lowest BCUT2D eigenvalue weighted by atomic mass is 10.2. The van der Waals surface area contributed by atoms with E-state index >= 15 is 0 Å². The smallest absolute Gasteiger partial charge is 0.326 e. The number of ether oxygens (including phenoxy) is 3. The number of nitrogens with zero attached hydrogens (tertiary/aromatic N) is 2. The third-order valence-electron chi connectivity index (χ3n) is 4.30. The van der Waals surface area contributed by atoms with Gasteiger partial charge in [-0.15, -0.1) is 4.40 Å². The van der Waals surface area contributed by atoms with Gasteiger partial charge in [0, 0.05) is 12.1 Å². The number of sulfonamides is 1. The van der Waals surface area contributed by atoms with Gasteiger partial charge in [0.05, 0.1) is 35.9 Å². The van der Waals surface area contributed by atoms with E-state index in [2.05, 4.69) is 4.40 Å². The van der Waals surface area contributed by atoms with Crippen LogP contribution in [0.15, 0.2) is 45.7 Å². The number of hydrogen-bond donors (Lipinski definition) is 0. The minimum atomic E-state index is -3.98. The van der Waals surface area contributed by atoms with Gasteiger partial charge in [-0.05, 0) is 26.0 Å². The molecule has 0 saturated heterocycles. The van der Waals surface area contributed by atoms with E-state index in [1.54, 1.807) is 31.2 Å². The minimum Gasteiger partial charge on any atom is -0.493 e. The van der Waals surface area contributed by atoms with Crippen LogP contribution in [0.2, 0.25) is 0 Å². The Morgan fingerprint density at radius 2 is 1.73 bits per heavy atom. The molecule has 2 aromatic carbocycles. The Hall–Kier alpha value is -2.85. The topological polar surface area (TPSA) is 96.2 Å². The van der Waals surface area contributed by atoms with Gasteiger partial charge in [-0.25, -0.2) is 0 Å². The summed E-state index contributed by atoms with van der Waals surface area (Å²) >= 11 is 1.13. The number of hydrogen-bond acceptors (Lipinski definition) is 7. The number of aromatic nitrogens is 1. The monoisotopic (exact) mass is 450 g/mol. The van der Waals surface area contributed by atoms with Gasteiger partial charge in [0.1, 0.15) is 6.54 Å². The first-order valence-corrected chi connectivity index (χ1v) is 11.3. The van der Waals surface area contributed by atoms with Gasteiger partial charge in [-0.1, -0.05) is 29.0 Å². The lowest BCUT2D eigenvalue weighted by Gasteiger charge is -2.09. The molecule has 0 radical (unpaired) electrons. The number of carbonyl (C=O) groups is 1. The molecule has 0 N–H and O–H groups in total. The summed E-state index contributed by atoms with van der Waals surface area (Å²) in [7, 11) is -0.970. The SMILES string of the molecule is CCOC(=O)Cn1/c(=N/S(=O)(=O)c2ccc(C)cc2)sc2cc(OC)c(OC)cc21. The lowest BCUT2D eigenvalue weighted by Crippen LogP contribution is -2.23. The Morgan fingerprint density at radius 1 is 1.10 bits per heavy atom. The summed E-state index contributed by atoms with van der Waals surface area (Å²) in [6.45, 7) is 3.60. The molecule has 0 fully saturated rings. The molecule has 0 atom stereocenters. The molecular formula is C20H22N2O6S2. The van der Waals surface area contributed by atoms with Crippen LogP contribution in [0.1, 0.15) is 12.5 Å². The van der Waals surface area contributed by atoms with Crippen LogP contribution in [0.25, 0.3) is 10.2 Å². The Morgan fingerprint density at radius 3 is 2.33 bits per heavy atom. The third kappa shape index (κ3) is 4.49. The standard InChI is InChI=1S/C20H22N2O6S2/c1-5-28-19(23)12-22-15-10-16(26-3)17(27-4)11-18(15)29-20(22)21-30(24,25)14-8-6-13(2)7-9-14/h6-11H,5,12H2,1-4H3/b21-20-. The lowest BCUT2D eigenvalue weighted by molar-refractivity contribution is -0.143. The van der Waals surface area contributed by atoms with Crippen molar-refractivity contribution < 1.29 is 27.4 Å². The van der Waals surface area contributed by atoms with Crippen LogP contribution in [0.5, 0.6) is 11.5 Å². The number of methoxy groups -OCH3 is 2. The van der Waals surface area contributed by atoms with Crippen molar-refractivity contribution in [2.75, 3.05) is 20.8 Å². The van der Waals surface area contributed by atoms with Crippen molar-refractivity contribution in [1.29, 1.82) is 0 Å². The zero-order chi connectivity index (χ0) is 21.9. The van der Waals surface area contributed by atoms with Crippen LogP contribution < -0.4 is 14.3 Å². The molecule has 8 nitrogen and oxygen atoms in total. The van der Waals surface area contributed by atoms with E-state index in [0.29, 0.717) is 21.7 Å². The number of carbonyl (C=O) groups excluding carboxylic acids is 1. The Kier molecular flexibility index (Phi) is 6.47. The van der Waals surface area contributed by atoms with Gasteiger partial charge in [0.25, 0.3) is 10.0 Å². The molecule has 3 aromatic rings. The predicted molar refractivity (Wildman–Crippen MR) is 113 cm³/mol. The summed E-state index contributed by atoms with van der Waals surface area (Å²) in [5.74, 6) is 0.442. The molecule has 0 aliphatic carbocycles. The fraction of sp³-hybridized carbons (Fsp3) is 0.300. The molecular weight excluding hydrogens is 428 g/mol. The Balaban J connectivity index is 2.24. The molecule has 0 spiro atoms. The van der Waals surface area contributed by atoms with E-state index in [0.717, 1.165) is 16.9 Å². The van der Waals surface area contributed by atoms with Crippen LogP contribution in [0, 0.1) is 6.92 Å². The van der Waals surface area contributed by atoms with Crippen LogP contribution in [-0.2, 0) is 26.1 Å². The van der Waals surface area contributed by atoms with Crippen LogP contribution in [0.3, 0.4) is 0 Å². The van der Waals surface area contributed by atoms with Gasteiger partial charge in [-0.2, -0.15) is 8.42 Å². The van der Waals surface area contributed by atoms with Crippen molar-refractivity contribution >= 4 is 37.5 Å². The highest BCUT2D eigenvalue weighted by Crippen LogP contribution is 2.33. The number of rotatable bonds is 7. The number of fused-ring (bicyclic) bond motifs is 1. The predicted octanol–water partition coefficient (Wildman–Crippen LogP) is 2.88. The average molecular weight is 451 g/mol.